The first-order valence-electron chi connectivity index (χ1n) is 7.22. The molecule has 2 aromatic rings. The number of methoxy groups -OCH3 is 1. The zero-order valence-corrected chi connectivity index (χ0v) is 14.6. The van der Waals surface area contributed by atoms with Crippen molar-refractivity contribution in [3.05, 3.63) is 54.6 Å². The van der Waals surface area contributed by atoms with Gasteiger partial charge in [0.15, 0.2) is 5.75 Å². The van der Waals surface area contributed by atoms with Crippen LogP contribution in [0.4, 0.5) is 5.69 Å². The van der Waals surface area contributed by atoms with Crippen molar-refractivity contribution in [1.29, 1.82) is 0 Å². The van der Waals surface area contributed by atoms with Crippen molar-refractivity contribution in [2.24, 2.45) is 0 Å². The van der Waals surface area contributed by atoms with E-state index in [1.165, 1.54) is 4.83 Å². The van der Waals surface area contributed by atoms with Crippen molar-refractivity contribution >= 4 is 13.9 Å². The van der Waals surface area contributed by atoms with E-state index in [0.717, 1.165) is 0 Å². The van der Waals surface area contributed by atoms with Gasteiger partial charge in [-0.05, 0) is 45.0 Å². The molecule has 0 heterocycles. The molecule has 122 valence electrons. The normalized spacial score (nSPS) is 11.7. The van der Waals surface area contributed by atoms with Crippen LogP contribution in [0.25, 0.3) is 0 Å². The SMILES string of the molecule is COc1cccc(N(OC(C)(C)C)[P+](=O)Oc2ccccc2)c1. The van der Waals surface area contributed by atoms with Gasteiger partial charge < -0.3 is 4.74 Å². The molecule has 1 atom stereocenters. The lowest BCUT2D eigenvalue weighted by Gasteiger charge is -2.22. The van der Waals surface area contributed by atoms with Gasteiger partial charge in [-0.3, -0.25) is 0 Å². The summed E-state index contributed by atoms with van der Waals surface area (Å²) in [5.41, 5.74) is 0.0602. The molecule has 6 heteroatoms. The molecule has 0 amide bonds. The highest BCUT2D eigenvalue weighted by atomic mass is 31.1. The Bertz CT molecular complexity index is 655. The molecular weight excluding hydrogens is 313 g/mol. The van der Waals surface area contributed by atoms with E-state index < -0.39 is 13.8 Å². The number of ether oxygens (including phenoxy) is 1. The Labute approximate surface area is 137 Å². The molecule has 0 aliphatic carbocycles. The van der Waals surface area contributed by atoms with Crippen LogP contribution in [-0.2, 0) is 9.40 Å². The Morgan fingerprint density at radius 1 is 0.957 bits per heavy atom. The molecule has 0 aliphatic rings. The number of hydrogen-bond acceptors (Lipinski definition) is 4. The maximum atomic E-state index is 12.7. The second kappa shape index (κ2) is 7.44. The highest BCUT2D eigenvalue weighted by molar-refractivity contribution is 7.41. The van der Waals surface area contributed by atoms with Crippen LogP contribution in [0.3, 0.4) is 0 Å². The van der Waals surface area contributed by atoms with Crippen LogP contribution in [0, 0.1) is 0 Å². The number of para-hydroxylation sites is 1. The van der Waals surface area contributed by atoms with Gasteiger partial charge in [0.05, 0.1) is 12.7 Å². The van der Waals surface area contributed by atoms with Crippen molar-refractivity contribution in [3.63, 3.8) is 0 Å². The first-order valence-corrected chi connectivity index (χ1v) is 8.35. The van der Waals surface area contributed by atoms with Gasteiger partial charge in [0, 0.05) is 15.5 Å². The fourth-order valence-electron chi connectivity index (χ4n) is 1.78. The maximum Gasteiger partial charge on any atom is 0.723 e. The van der Waals surface area contributed by atoms with E-state index in [9.17, 15) is 4.57 Å². The molecule has 2 aromatic carbocycles. The van der Waals surface area contributed by atoms with E-state index in [0.29, 0.717) is 17.2 Å². The monoisotopic (exact) mass is 334 g/mol. The molecule has 0 bridgehead atoms. The predicted octanol–water partition coefficient (Wildman–Crippen LogP) is 4.97. The van der Waals surface area contributed by atoms with E-state index in [-0.39, 0.29) is 0 Å². The molecule has 1 unspecified atom stereocenters. The van der Waals surface area contributed by atoms with Crippen LogP contribution in [0.2, 0.25) is 0 Å². The average molecular weight is 334 g/mol. The van der Waals surface area contributed by atoms with E-state index >= 15 is 0 Å². The molecule has 0 spiro atoms. The van der Waals surface area contributed by atoms with E-state index in [1.54, 1.807) is 37.4 Å². The Morgan fingerprint density at radius 2 is 1.61 bits per heavy atom. The molecule has 0 N–H and O–H groups in total. The minimum Gasteiger partial charge on any atom is -0.497 e. The van der Waals surface area contributed by atoms with Gasteiger partial charge >= 0.3 is 8.18 Å². The van der Waals surface area contributed by atoms with E-state index in [1.807, 2.05) is 45.0 Å². The number of nitrogens with zero attached hydrogens (tertiary/aromatic N) is 1. The third-order valence-corrected chi connectivity index (χ3v) is 3.69. The van der Waals surface area contributed by atoms with Crippen molar-refractivity contribution in [3.8, 4) is 11.5 Å². The number of anilines is 1. The van der Waals surface area contributed by atoms with Crippen molar-refractivity contribution in [2.45, 2.75) is 26.4 Å². The number of hydrogen-bond donors (Lipinski definition) is 0. The number of benzene rings is 2. The van der Waals surface area contributed by atoms with Crippen molar-refractivity contribution in [1.82, 2.24) is 0 Å². The molecular formula is C17H21NO4P+. The fourth-order valence-corrected chi connectivity index (χ4v) is 2.78. The lowest BCUT2D eigenvalue weighted by atomic mass is 10.2. The second-order valence-electron chi connectivity index (χ2n) is 5.82. The highest BCUT2D eigenvalue weighted by Gasteiger charge is 2.37. The van der Waals surface area contributed by atoms with Crippen molar-refractivity contribution < 1.29 is 18.7 Å². The summed E-state index contributed by atoms with van der Waals surface area (Å²) in [6, 6.07) is 16.1. The predicted molar refractivity (Wildman–Crippen MR) is 91.0 cm³/mol. The van der Waals surface area contributed by atoms with Gasteiger partial charge in [0.2, 0.25) is 0 Å². The molecule has 0 fully saturated rings. The molecule has 5 nitrogen and oxygen atoms in total. The van der Waals surface area contributed by atoms with Gasteiger partial charge in [-0.25, -0.2) is 9.36 Å². The van der Waals surface area contributed by atoms with E-state index in [4.69, 9.17) is 14.1 Å². The van der Waals surface area contributed by atoms with Gasteiger partial charge in [0.1, 0.15) is 11.4 Å². The molecule has 0 aromatic heterocycles. The lowest BCUT2D eigenvalue weighted by Crippen LogP contribution is -2.30. The van der Waals surface area contributed by atoms with Gasteiger partial charge in [-0.1, -0.05) is 24.3 Å². The molecule has 0 saturated carbocycles. The topological polar surface area (TPSA) is 48.0 Å². The van der Waals surface area contributed by atoms with Crippen LogP contribution in [0.5, 0.6) is 11.5 Å². The van der Waals surface area contributed by atoms with Gasteiger partial charge in [-0.15, -0.1) is 0 Å². The third-order valence-electron chi connectivity index (χ3n) is 2.71. The van der Waals surface area contributed by atoms with Gasteiger partial charge in [0.25, 0.3) is 0 Å². The summed E-state index contributed by atoms with van der Waals surface area (Å²) in [6.07, 6.45) is 0. The second-order valence-corrected chi connectivity index (χ2v) is 6.84. The van der Waals surface area contributed by atoms with E-state index in [2.05, 4.69) is 0 Å². The summed E-state index contributed by atoms with van der Waals surface area (Å²) in [4.78, 5) is 7.11. The molecule has 23 heavy (non-hydrogen) atoms. The Balaban J connectivity index is 2.27. The zero-order chi connectivity index (χ0) is 16.9. The number of rotatable bonds is 6. The fraction of sp³-hybridized carbons (Fsp3) is 0.294. The van der Waals surface area contributed by atoms with Crippen LogP contribution in [-0.4, -0.2) is 12.7 Å². The third kappa shape index (κ3) is 5.23. The summed E-state index contributed by atoms with van der Waals surface area (Å²) in [7, 11) is -0.695. The summed E-state index contributed by atoms with van der Waals surface area (Å²) in [6.45, 7) is 5.64. The quantitative estimate of drug-likeness (QED) is 0.551. The lowest BCUT2D eigenvalue weighted by molar-refractivity contribution is 0.00449. The Kier molecular flexibility index (Phi) is 5.59. The first-order chi connectivity index (χ1) is 10.9. The minimum atomic E-state index is -2.27. The van der Waals surface area contributed by atoms with Crippen LogP contribution >= 0.6 is 8.18 Å². The first kappa shape index (κ1) is 17.3. The molecule has 0 saturated heterocycles. The van der Waals surface area contributed by atoms with Crippen LogP contribution < -0.4 is 14.1 Å². The van der Waals surface area contributed by atoms with Crippen LogP contribution in [0.15, 0.2) is 54.6 Å². The van der Waals surface area contributed by atoms with Gasteiger partial charge in [-0.2, -0.15) is 0 Å². The minimum absolute atomic E-state index is 0.513. The Morgan fingerprint density at radius 3 is 2.22 bits per heavy atom. The van der Waals surface area contributed by atoms with Crippen molar-refractivity contribution in [2.75, 3.05) is 11.9 Å². The zero-order valence-electron chi connectivity index (χ0n) is 13.7. The molecule has 2 rings (SSSR count). The highest BCUT2D eigenvalue weighted by Crippen LogP contribution is 2.39. The molecule has 0 radical (unpaired) electrons. The molecule has 0 aliphatic heterocycles. The Hall–Kier alpha value is -2.10. The summed E-state index contributed by atoms with van der Waals surface area (Å²) < 4.78 is 23.4. The summed E-state index contributed by atoms with van der Waals surface area (Å²) >= 11 is 0. The summed E-state index contributed by atoms with van der Waals surface area (Å²) in [5.74, 6) is 1.16. The standard InChI is InChI=1S/C17H21NO4P/c1-17(2,3)22-18(14-9-8-12-16(13-14)20-4)23(19)21-15-10-6-5-7-11-15/h5-13H,1-4H3/q+1. The average Bonchev–Trinajstić information content (AvgIpc) is 2.52. The smallest absolute Gasteiger partial charge is 0.497 e. The maximum absolute atomic E-state index is 12.7. The van der Waals surface area contributed by atoms with Crippen LogP contribution in [0.1, 0.15) is 20.8 Å². The largest absolute Gasteiger partial charge is 0.723 e. The summed E-state index contributed by atoms with van der Waals surface area (Å²) in [5, 5.41) is 0.